The molecule has 0 spiro atoms. The number of carbonyl (C=O) groups excluding carboxylic acids is 4. The summed E-state index contributed by atoms with van der Waals surface area (Å²) in [6.07, 6.45) is 0. The van der Waals surface area contributed by atoms with E-state index in [9.17, 15) is 34.4 Å². The zero-order chi connectivity index (χ0) is 26.4. The van der Waals surface area contributed by atoms with Crippen LogP contribution in [0.2, 0.25) is 5.02 Å². The Morgan fingerprint density at radius 3 is 2.22 bits per heavy atom. The van der Waals surface area contributed by atoms with Crippen molar-refractivity contribution in [3.63, 3.8) is 0 Å². The molecule has 4 aromatic carbocycles. The van der Waals surface area contributed by atoms with Gasteiger partial charge >= 0.3 is 0 Å². The van der Waals surface area contributed by atoms with Gasteiger partial charge in [-0.15, -0.1) is 0 Å². The summed E-state index contributed by atoms with van der Waals surface area (Å²) in [4.78, 5) is 62.4. The van der Waals surface area contributed by atoms with Gasteiger partial charge in [-0.25, -0.2) is 4.90 Å². The number of hydrogen-bond acceptors (Lipinski definition) is 7. The van der Waals surface area contributed by atoms with Crippen LogP contribution in [-0.4, -0.2) is 28.6 Å². The maximum absolute atomic E-state index is 13.3. The van der Waals surface area contributed by atoms with Crippen molar-refractivity contribution < 1.29 is 29.2 Å². The highest BCUT2D eigenvalue weighted by Gasteiger charge is 2.35. The Kier molecular flexibility index (Phi) is 5.65. The van der Waals surface area contributed by atoms with E-state index in [0.717, 1.165) is 11.0 Å². The largest absolute Gasteiger partial charge is 0.545 e. The summed E-state index contributed by atoms with van der Waals surface area (Å²) in [5, 5.41) is 25.8. The van der Waals surface area contributed by atoms with Gasteiger partial charge in [0, 0.05) is 38.7 Å². The standard InChI is InChI=1S/C26H14ClN3O7/c27-14-6-10-20(19(12-14)26(34)35)28-23(31)13-4-7-15(8-5-13)29-24(32)17-3-1-2-16-21(30(36)37)11-9-18(22(16)17)25(29)33/h1-12H,(H,28,31)(H,34,35)/p-1. The number of hydrogen-bond donors (Lipinski definition) is 1. The van der Waals surface area contributed by atoms with Gasteiger partial charge in [0.1, 0.15) is 0 Å². The van der Waals surface area contributed by atoms with E-state index in [0.29, 0.717) is 0 Å². The van der Waals surface area contributed by atoms with E-state index in [2.05, 4.69) is 5.32 Å². The van der Waals surface area contributed by atoms with Gasteiger partial charge in [-0.2, -0.15) is 0 Å². The van der Waals surface area contributed by atoms with Crippen LogP contribution >= 0.6 is 11.6 Å². The highest BCUT2D eigenvalue weighted by Crippen LogP contribution is 2.37. The first-order chi connectivity index (χ1) is 17.7. The molecule has 3 amide bonds. The Morgan fingerprint density at radius 2 is 1.57 bits per heavy atom. The van der Waals surface area contributed by atoms with Gasteiger partial charge in [-0.1, -0.05) is 17.7 Å². The summed E-state index contributed by atoms with van der Waals surface area (Å²) < 4.78 is 0. The summed E-state index contributed by atoms with van der Waals surface area (Å²) in [5.41, 5.74) is 0.0408. The minimum atomic E-state index is -1.52. The maximum atomic E-state index is 13.3. The van der Waals surface area contributed by atoms with Crippen LogP contribution in [0.3, 0.4) is 0 Å². The van der Waals surface area contributed by atoms with Crippen LogP contribution in [-0.2, 0) is 0 Å². The van der Waals surface area contributed by atoms with Gasteiger partial charge in [0.15, 0.2) is 0 Å². The number of anilines is 2. The first kappa shape index (κ1) is 23.6. The van der Waals surface area contributed by atoms with Crippen molar-refractivity contribution in [2.75, 3.05) is 10.2 Å². The fourth-order valence-corrected chi connectivity index (χ4v) is 4.40. The first-order valence-corrected chi connectivity index (χ1v) is 11.1. The average Bonchev–Trinajstić information content (AvgIpc) is 2.88. The number of imide groups is 1. The monoisotopic (exact) mass is 514 g/mol. The van der Waals surface area contributed by atoms with Crippen LogP contribution in [0.5, 0.6) is 0 Å². The van der Waals surface area contributed by atoms with Gasteiger partial charge in [-0.05, 0) is 60.7 Å². The summed E-state index contributed by atoms with van der Waals surface area (Å²) in [6.45, 7) is 0. The molecule has 0 saturated heterocycles. The molecule has 182 valence electrons. The number of nitro groups is 1. The van der Waals surface area contributed by atoms with E-state index in [-0.39, 0.29) is 55.1 Å². The zero-order valence-electron chi connectivity index (χ0n) is 18.6. The summed E-state index contributed by atoms with van der Waals surface area (Å²) in [6, 6.07) is 16.4. The number of carboxylic acid groups (broad SMARTS) is 1. The molecular formula is C26H13ClN3O7-. The number of nitro benzene ring substituents is 1. The number of rotatable bonds is 5. The lowest BCUT2D eigenvalue weighted by Gasteiger charge is -2.27. The Morgan fingerprint density at radius 1 is 0.892 bits per heavy atom. The van der Waals surface area contributed by atoms with Crippen LogP contribution in [0.1, 0.15) is 41.4 Å². The molecule has 1 N–H and O–H groups in total. The molecule has 1 aliphatic heterocycles. The average molecular weight is 515 g/mol. The number of aromatic carboxylic acids is 1. The highest BCUT2D eigenvalue weighted by atomic mass is 35.5. The smallest absolute Gasteiger partial charge is 0.277 e. The molecule has 0 atom stereocenters. The lowest BCUT2D eigenvalue weighted by molar-refractivity contribution is -0.383. The van der Waals surface area contributed by atoms with E-state index >= 15 is 0 Å². The maximum Gasteiger partial charge on any atom is 0.277 e. The third-order valence-corrected chi connectivity index (χ3v) is 6.15. The van der Waals surface area contributed by atoms with Gasteiger partial charge in [0.2, 0.25) is 0 Å². The SMILES string of the molecule is O=C(Nc1ccc(Cl)cc1C(=O)[O-])c1ccc(N2C(=O)c3cccc4c([N+](=O)[O-])ccc(c34)C2=O)cc1. The molecule has 37 heavy (non-hydrogen) atoms. The van der Waals surface area contributed by atoms with Crippen LogP contribution < -0.4 is 15.3 Å². The second-order valence-electron chi connectivity index (χ2n) is 8.04. The number of benzene rings is 4. The van der Waals surface area contributed by atoms with Gasteiger partial charge in [0.25, 0.3) is 23.4 Å². The molecule has 11 heteroatoms. The van der Waals surface area contributed by atoms with Crippen LogP contribution in [0.15, 0.2) is 72.8 Å². The molecule has 0 aromatic heterocycles. The minimum absolute atomic E-state index is 0.0151. The number of nitrogens with zero attached hydrogens (tertiary/aromatic N) is 2. The molecule has 10 nitrogen and oxygen atoms in total. The molecule has 0 unspecified atom stereocenters. The van der Waals surface area contributed by atoms with E-state index in [1.165, 1.54) is 66.7 Å². The molecule has 1 aliphatic rings. The molecule has 0 bridgehead atoms. The quantitative estimate of drug-likeness (QED) is 0.241. The fraction of sp³-hybridized carbons (Fsp3) is 0. The molecule has 1 heterocycles. The summed E-state index contributed by atoms with van der Waals surface area (Å²) >= 11 is 5.81. The van der Waals surface area contributed by atoms with E-state index < -0.39 is 28.6 Å². The van der Waals surface area contributed by atoms with Crippen molar-refractivity contribution in [1.29, 1.82) is 0 Å². The second-order valence-corrected chi connectivity index (χ2v) is 8.48. The molecule has 0 fully saturated rings. The number of amides is 3. The van der Waals surface area contributed by atoms with E-state index in [1.807, 2.05) is 0 Å². The lowest BCUT2D eigenvalue weighted by Crippen LogP contribution is -2.40. The molecular weight excluding hydrogens is 502 g/mol. The molecule has 4 aromatic rings. The third kappa shape index (κ3) is 3.95. The van der Waals surface area contributed by atoms with Gasteiger partial charge in [-0.3, -0.25) is 24.5 Å². The van der Waals surface area contributed by atoms with Crippen molar-refractivity contribution >= 4 is 63.1 Å². The number of non-ortho nitro benzene ring substituents is 1. The molecule has 0 aliphatic carbocycles. The van der Waals surface area contributed by atoms with Crippen molar-refractivity contribution in [3.8, 4) is 0 Å². The second kappa shape index (κ2) is 8.85. The van der Waals surface area contributed by atoms with Gasteiger partial charge < -0.3 is 15.2 Å². The summed E-state index contributed by atoms with van der Waals surface area (Å²) in [7, 11) is 0. The molecule has 0 saturated carbocycles. The lowest BCUT2D eigenvalue weighted by atomic mass is 9.92. The number of carbonyl (C=O) groups is 4. The Balaban J connectivity index is 1.46. The highest BCUT2D eigenvalue weighted by molar-refractivity contribution is 6.36. The fourth-order valence-electron chi connectivity index (χ4n) is 4.23. The Bertz CT molecular complexity index is 1660. The number of nitrogens with one attached hydrogen (secondary N) is 1. The van der Waals surface area contributed by atoms with Gasteiger partial charge in [0.05, 0.1) is 27.7 Å². The number of carboxylic acids is 1. The Hall–Kier alpha value is -5.09. The topological polar surface area (TPSA) is 150 Å². The predicted molar refractivity (Wildman–Crippen MR) is 132 cm³/mol. The first-order valence-electron chi connectivity index (χ1n) is 10.7. The predicted octanol–water partition coefficient (Wildman–Crippen LogP) is 3.82. The summed E-state index contributed by atoms with van der Waals surface area (Å²) in [5.74, 6) is -3.49. The van der Waals surface area contributed by atoms with Crippen molar-refractivity contribution in [3.05, 3.63) is 110 Å². The van der Waals surface area contributed by atoms with Crippen molar-refractivity contribution in [2.24, 2.45) is 0 Å². The van der Waals surface area contributed by atoms with Crippen molar-refractivity contribution in [2.45, 2.75) is 0 Å². The van der Waals surface area contributed by atoms with E-state index in [4.69, 9.17) is 11.6 Å². The molecule has 5 rings (SSSR count). The van der Waals surface area contributed by atoms with Crippen LogP contribution in [0, 0.1) is 10.1 Å². The van der Waals surface area contributed by atoms with Crippen LogP contribution in [0.25, 0.3) is 10.8 Å². The third-order valence-electron chi connectivity index (χ3n) is 5.92. The zero-order valence-corrected chi connectivity index (χ0v) is 19.3. The minimum Gasteiger partial charge on any atom is -0.545 e. The number of halogens is 1. The molecule has 0 radical (unpaired) electrons. The normalized spacial score (nSPS) is 12.5. The van der Waals surface area contributed by atoms with Crippen molar-refractivity contribution in [1.82, 2.24) is 0 Å². The van der Waals surface area contributed by atoms with Crippen LogP contribution in [0.4, 0.5) is 17.1 Å². The Labute approximate surface area is 212 Å². The van der Waals surface area contributed by atoms with E-state index in [1.54, 1.807) is 0 Å².